The van der Waals surface area contributed by atoms with Crippen LogP contribution in [0.5, 0.6) is 23.0 Å². The van der Waals surface area contributed by atoms with E-state index >= 15 is 4.39 Å². The maximum Gasteiger partial charge on any atom is 0.425 e. The van der Waals surface area contributed by atoms with Crippen molar-refractivity contribution >= 4 is 29.2 Å². The number of amides is 1. The van der Waals surface area contributed by atoms with Gasteiger partial charge in [0, 0.05) is 62.8 Å². The van der Waals surface area contributed by atoms with Gasteiger partial charge in [0.2, 0.25) is 11.7 Å². The van der Waals surface area contributed by atoms with Crippen molar-refractivity contribution in [3.8, 4) is 23.0 Å². The summed E-state index contributed by atoms with van der Waals surface area (Å²) in [6, 6.07) is 13.4. The Morgan fingerprint density at radius 1 is 0.875 bits per heavy atom. The van der Waals surface area contributed by atoms with Crippen LogP contribution < -0.4 is 29.2 Å². The number of methoxy groups -OCH3 is 2. The van der Waals surface area contributed by atoms with E-state index in [1.54, 1.807) is 12.1 Å². The summed E-state index contributed by atoms with van der Waals surface area (Å²) in [5.41, 5.74) is 0.439. The molecule has 0 unspecified atom stereocenters. The van der Waals surface area contributed by atoms with Crippen LogP contribution in [-0.4, -0.2) is 86.0 Å². The molecule has 3 aromatic carbocycles. The summed E-state index contributed by atoms with van der Waals surface area (Å²) in [6.07, 6.45) is 1.29. The minimum Gasteiger partial charge on any atom is -0.497 e. The Morgan fingerprint density at radius 2 is 1.60 bits per heavy atom. The third-order valence-electron chi connectivity index (χ3n) is 7.65. The van der Waals surface area contributed by atoms with Crippen molar-refractivity contribution in [1.29, 1.82) is 0 Å². The van der Waals surface area contributed by atoms with Gasteiger partial charge in [-0.1, -0.05) is 13.0 Å². The van der Waals surface area contributed by atoms with Crippen LogP contribution in [-0.2, 0) is 0 Å². The van der Waals surface area contributed by atoms with Crippen LogP contribution in [0, 0.1) is 17.5 Å². The van der Waals surface area contributed by atoms with Gasteiger partial charge >= 0.3 is 6.09 Å². The molecule has 48 heavy (non-hydrogen) atoms. The Morgan fingerprint density at radius 3 is 2.27 bits per heavy atom. The zero-order chi connectivity index (χ0) is 34.0. The molecule has 1 aliphatic heterocycles. The number of aromatic nitrogens is 2. The summed E-state index contributed by atoms with van der Waals surface area (Å²) in [5, 5.41) is 2.91. The molecule has 4 aromatic rings. The number of ether oxygens (including phenoxy) is 4. The smallest absolute Gasteiger partial charge is 0.425 e. The average Bonchev–Trinajstić information content (AvgIpc) is 3.09. The quantitative estimate of drug-likeness (QED) is 0.173. The number of carbonyl (C=O) groups excluding carboxylic acids is 1. The second kappa shape index (κ2) is 16.2. The number of halogens is 3. The summed E-state index contributed by atoms with van der Waals surface area (Å²) >= 11 is 0. The lowest BCUT2D eigenvalue weighted by atomic mass is 10.2. The molecule has 0 aliphatic carbocycles. The number of anilines is 4. The van der Waals surface area contributed by atoms with Crippen LogP contribution >= 0.6 is 0 Å². The highest BCUT2D eigenvalue weighted by Crippen LogP contribution is 2.37. The molecule has 1 aromatic heterocycles. The summed E-state index contributed by atoms with van der Waals surface area (Å²) in [6.45, 7) is 8.26. The Balaban J connectivity index is 1.32. The standard InChI is InChI=1S/C34H37F3N6O5/c1-4-14-41-15-17-42(18-16-41)19-20-47-29-11-8-23(21-27(29)37)39-33-38-13-12-31(40-33)43(28-10-9-24(45-2)22-30(28)46-3)34(44)48-32-25(35)6-5-7-26(32)36/h5-13,21-22H,4,14-20H2,1-3H3,(H,38,39,40). The SMILES string of the molecule is CCCN1CCN(CCOc2ccc(Nc3nccc(N(C(=O)Oc4c(F)cccc4F)c4ccc(OC)cc4OC)n3)cc2F)CC1. The number of hydrogen-bond acceptors (Lipinski definition) is 10. The van der Waals surface area contributed by atoms with Gasteiger partial charge in [-0.15, -0.1) is 0 Å². The predicted octanol–water partition coefficient (Wildman–Crippen LogP) is 6.40. The molecule has 11 nitrogen and oxygen atoms in total. The van der Waals surface area contributed by atoms with Gasteiger partial charge in [0.25, 0.3) is 0 Å². The molecule has 0 atom stereocenters. The number of nitrogens with one attached hydrogen (secondary N) is 1. The minimum atomic E-state index is -1.19. The highest BCUT2D eigenvalue weighted by Gasteiger charge is 2.28. The molecular formula is C34H37F3N6O5. The third kappa shape index (κ3) is 8.44. The maximum absolute atomic E-state index is 15.0. The van der Waals surface area contributed by atoms with Crippen LogP contribution in [0.15, 0.2) is 66.9 Å². The maximum atomic E-state index is 15.0. The molecule has 1 aliphatic rings. The van der Waals surface area contributed by atoms with E-state index in [0.717, 1.165) is 62.2 Å². The molecular weight excluding hydrogens is 629 g/mol. The molecule has 0 bridgehead atoms. The summed E-state index contributed by atoms with van der Waals surface area (Å²) in [4.78, 5) is 27.8. The first-order valence-corrected chi connectivity index (χ1v) is 15.4. The van der Waals surface area contributed by atoms with Crippen LogP contribution in [0.1, 0.15) is 13.3 Å². The fourth-order valence-corrected chi connectivity index (χ4v) is 5.19. The normalized spacial score (nSPS) is 13.5. The Hall–Kier alpha value is -5.08. The fraction of sp³-hybridized carbons (Fsp3) is 0.324. The summed E-state index contributed by atoms with van der Waals surface area (Å²) < 4.78 is 65.5. The first kappa shape index (κ1) is 34.3. The van der Waals surface area contributed by atoms with Crippen molar-refractivity contribution in [2.45, 2.75) is 13.3 Å². The van der Waals surface area contributed by atoms with Gasteiger partial charge in [-0.3, -0.25) is 4.90 Å². The first-order chi connectivity index (χ1) is 23.3. The molecule has 1 N–H and O–H groups in total. The number of hydrogen-bond donors (Lipinski definition) is 1. The van der Waals surface area contributed by atoms with Gasteiger partial charge in [0.15, 0.2) is 23.2 Å². The molecule has 0 saturated carbocycles. The van der Waals surface area contributed by atoms with Gasteiger partial charge in [-0.25, -0.2) is 27.8 Å². The second-order valence-electron chi connectivity index (χ2n) is 10.8. The van der Waals surface area contributed by atoms with Crippen LogP contribution in [0.4, 0.5) is 41.1 Å². The number of para-hydroxylation sites is 1. The monoisotopic (exact) mass is 666 g/mol. The lowest BCUT2D eigenvalue weighted by Crippen LogP contribution is -2.47. The number of benzene rings is 3. The molecule has 5 rings (SSSR count). The van der Waals surface area contributed by atoms with Gasteiger partial charge in [0.05, 0.1) is 19.9 Å². The summed E-state index contributed by atoms with van der Waals surface area (Å²) in [7, 11) is 2.84. The first-order valence-electron chi connectivity index (χ1n) is 15.4. The molecule has 1 amide bonds. The lowest BCUT2D eigenvalue weighted by molar-refractivity contribution is 0.116. The average molecular weight is 667 g/mol. The largest absolute Gasteiger partial charge is 0.497 e. The lowest BCUT2D eigenvalue weighted by Gasteiger charge is -2.34. The number of rotatable bonds is 13. The molecule has 1 fully saturated rings. The van der Waals surface area contributed by atoms with E-state index in [-0.39, 0.29) is 29.0 Å². The zero-order valence-corrected chi connectivity index (χ0v) is 26.9. The van der Waals surface area contributed by atoms with Crippen molar-refractivity contribution < 1.29 is 36.9 Å². The van der Waals surface area contributed by atoms with E-state index in [0.29, 0.717) is 24.6 Å². The fourth-order valence-electron chi connectivity index (χ4n) is 5.19. The van der Waals surface area contributed by atoms with E-state index in [4.69, 9.17) is 18.9 Å². The van der Waals surface area contributed by atoms with Crippen LogP contribution in [0.3, 0.4) is 0 Å². The molecule has 254 valence electrons. The van der Waals surface area contributed by atoms with Crippen molar-refractivity contribution in [3.63, 3.8) is 0 Å². The molecule has 1 saturated heterocycles. The van der Waals surface area contributed by atoms with Crippen molar-refractivity contribution in [2.24, 2.45) is 0 Å². The Bertz CT molecular complexity index is 1690. The highest BCUT2D eigenvalue weighted by molar-refractivity contribution is 5.98. The van der Waals surface area contributed by atoms with Gasteiger partial charge in [-0.2, -0.15) is 4.98 Å². The van der Waals surface area contributed by atoms with Crippen molar-refractivity contribution in [1.82, 2.24) is 19.8 Å². The van der Waals surface area contributed by atoms with Crippen LogP contribution in [0.2, 0.25) is 0 Å². The molecule has 0 spiro atoms. The number of nitrogens with zero attached hydrogens (tertiary/aromatic N) is 5. The van der Waals surface area contributed by atoms with Gasteiger partial charge in [0.1, 0.15) is 23.9 Å². The minimum absolute atomic E-state index is 0.00913. The third-order valence-corrected chi connectivity index (χ3v) is 7.65. The molecule has 14 heteroatoms. The molecule has 2 heterocycles. The van der Waals surface area contributed by atoms with E-state index in [1.165, 1.54) is 50.7 Å². The van der Waals surface area contributed by atoms with E-state index in [2.05, 4.69) is 32.0 Å². The second-order valence-corrected chi connectivity index (χ2v) is 10.8. The summed E-state index contributed by atoms with van der Waals surface area (Å²) in [5.74, 6) is -2.97. The number of piperazine rings is 1. The van der Waals surface area contributed by atoms with Crippen molar-refractivity contribution in [3.05, 3.63) is 84.3 Å². The van der Waals surface area contributed by atoms with E-state index in [1.807, 2.05) is 0 Å². The Kier molecular flexibility index (Phi) is 11.5. The van der Waals surface area contributed by atoms with Crippen molar-refractivity contribution in [2.75, 3.05) is 70.3 Å². The van der Waals surface area contributed by atoms with Gasteiger partial charge in [-0.05, 0) is 49.4 Å². The highest BCUT2D eigenvalue weighted by atomic mass is 19.1. The van der Waals surface area contributed by atoms with Gasteiger partial charge < -0.3 is 29.2 Å². The van der Waals surface area contributed by atoms with E-state index < -0.39 is 29.3 Å². The van der Waals surface area contributed by atoms with E-state index in [9.17, 15) is 13.6 Å². The zero-order valence-electron chi connectivity index (χ0n) is 26.9. The topological polar surface area (TPSA) is 102 Å². The predicted molar refractivity (Wildman–Crippen MR) is 174 cm³/mol. The number of carbonyl (C=O) groups is 1. The van der Waals surface area contributed by atoms with Crippen LogP contribution in [0.25, 0.3) is 0 Å². The Labute approximate surface area is 276 Å². The molecule has 0 radical (unpaired) electrons.